The Labute approximate surface area is 186 Å². The van der Waals surface area contributed by atoms with Crippen LogP contribution in [-0.4, -0.2) is 50.6 Å². The van der Waals surface area contributed by atoms with E-state index in [9.17, 15) is 9.50 Å². The van der Waals surface area contributed by atoms with E-state index in [1.165, 1.54) is 17.5 Å². The quantitative estimate of drug-likeness (QED) is 0.590. The lowest BCUT2D eigenvalue weighted by Gasteiger charge is -2.31. The number of thiazole rings is 1. The number of hydrogen-bond donors (Lipinski definition) is 2. The molecule has 8 heteroatoms. The van der Waals surface area contributed by atoms with Gasteiger partial charge in [-0.1, -0.05) is 25.1 Å². The van der Waals surface area contributed by atoms with Gasteiger partial charge in [0.15, 0.2) is 5.82 Å². The van der Waals surface area contributed by atoms with Gasteiger partial charge in [-0.25, -0.2) is 19.3 Å². The minimum absolute atomic E-state index is 0.00264. The smallest absolute Gasteiger partial charge is 0.223 e. The van der Waals surface area contributed by atoms with E-state index in [1.54, 1.807) is 0 Å². The maximum Gasteiger partial charge on any atom is 0.223 e. The first-order valence-electron chi connectivity index (χ1n) is 10.7. The van der Waals surface area contributed by atoms with Crippen LogP contribution in [0.1, 0.15) is 36.6 Å². The Morgan fingerprint density at radius 2 is 2.00 bits per heavy atom. The van der Waals surface area contributed by atoms with Gasteiger partial charge in [-0.2, -0.15) is 0 Å². The molecule has 1 fully saturated rings. The van der Waals surface area contributed by atoms with Crippen molar-refractivity contribution in [2.45, 2.75) is 46.3 Å². The average molecular weight is 442 g/mol. The molecular weight excluding hydrogens is 413 g/mol. The predicted molar refractivity (Wildman–Crippen MR) is 123 cm³/mol. The molecule has 6 nitrogen and oxygen atoms in total. The molecule has 164 valence electrons. The van der Waals surface area contributed by atoms with Gasteiger partial charge in [0.1, 0.15) is 10.7 Å². The van der Waals surface area contributed by atoms with Gasteiger partial charge in [-0.15, -0.1) is 11.3 Å². The number of piperidine rings is 1. The fourth-order valence-electron chi connectivity index (χ4n) is 3.97. The predicted octanol–water partition coefficient (Wildman–Crippen LogP) is 4.41. The molecule has 0 radical (unpaired) electrons. The lowest BCUT2D eigenvalue weighted by Crippen LogP contribution is -2.39. The van der Waals surface area contributed by atoms with Crippen molar-refractivity contribution in [3.05, 3.63) is 47.0 Å². The number of nitrogens with one attached hydrogen (secondary N) is 1. The Morgan fingerprint density at radius 1 is 1.23 bits per heavy atom. The highest BCUT2D eigenvalue weighted by Gasteiger charge is 2.21. The summed E-state index contributed by atoms with van der Waals surface area (Å²) in [7, 11) is 0. The summed E-state index contributed by atoms with van der Waals surface area (Å²) in [5.74, 6) is 0.0150. The lowest BCUT2D eigenvalue weighted by molar-refractivity contribution is 0.229. The van der Waals surface area contributed by atoms with Crippen LogP contribution < -0.4 is 5.32 Å². The van der Waals surface area contributed by atoms with Crippen LogP contribution in [0.2, 0.25) is 0 Å². The largest absolute Gasteiger partial charge is 0.392 e. The van der Waals surface area contributed by atoms with Crippen molar-refractivity contribution in [3.63, 3.8) is 0 Å². The highest BCUT2D eigenvalue weighted by atomic mass is 32.1. The average Bonchev–Trinajstić information content (AvgIpc) is 3.16. The molecule has 2 aromatic heterocycles. The molecule has 2 N–H and O–H groups in total. The highest BCUT2D eigenvalue weighted by molar-refractivity contribution is 7.18. The fraction of sp³-hybridized carbons (Fsp3) is 0.435. The minimum Gasteiger partial charge on any atom is -0.392 e. The zero-order valence-electron chi connectivity index (χ0n) is 18.2. The van der Waals surface area contributed by atoms with E-state index in [1.807, 2.05) is 32.0 Å². The fourth-order valence-corrected chi connectivity index (χ4v) is 5.12. The topological polar surface area (TPSA) is 74.2 Å². The van der Waals surface area contributed by atoms with Gasteiger partial charge in [0.25, 0.3) is 0 Å². The van der Waals surface area contributed by atoms with Gasteiger partial charge in [-0.05, 0) is 44.4 Å². The normalized spacial score (nSPS) is 15.4. The third kappa shape index (κ3) is 4.76. The van der Waals surface area contributed by atoms with Crippen molar-refractivity contribution >= 4 is 17.3 Å². The number of nitrogens with zero attached hydrogens (tertiary/aromatic N) is 4. The van der Waals surface area contributed by atoms with Crippen LogP contribution in [0.5, 0.6) is 0 Å². The zero-order chi connectivity index (χ0) is 22.0. The number of aliphatic hydroxyl groups excluding tert-OH is 1. The highest BCUT2D eigenvalue weighted by Crippen LogP contribution is 2.37. The van der Waals surface area contributed by atoms with E-state index < -0.39 is 5.82 Å². The van der Waals surface area contributed by atoms with E-state index in [0.29, 0.717) is 16.9 Å². The van der Waals surface area contributed by atoms with Crippen molar-refractivity contribution in [3.8, 4) is 21.1 Å². The first kappa shape index (κ1) is 21.8. The molecular formula is C23H28FN5OS. The van der Waals surface area contributed by atoms with Gasteiger partial charge in [0, 0.05) is 24.7 Å². The van der Waals surface area contributed by atoms with Crippen molar-refractivity contribution in [1.29, 1.82) is 0 Å². The number of aryl methyl sites for hydroxylation is 2. The van der Waals surface area contributed by atoms with Crippen molar-refractivity contribution < 1.29 is 9.50 Å². The first-order chi connectivity index (χ1) is 15.0. The van der Waals surface area contributed by atoms with E-state index in [-0.39, 0.29) is 12.3 Å². The summed E-state index contributed by atoms with van der Waals surface area (Å²) in [6, 6.07) is 6.08. The van der Waals surface area contributed by atoms with E-state index in [2.05, 4.69) is 32.1 Å². The number of hydrogen-bond acceptors (Lipinski definition) is 7. The van der Waals surface area contributed by atoms with Crippen LogP contribution in [0.3, 0.4) is 0 Å². The second kappa shape index (κ2) is 9.38. The lowest BCUT2D eigenvalue weighted by atomic mass is 10.1. The Balaban J connectivity index is 1.59. The summed E-state index contributed by atoms with van der Waals surface area (Å²) in [6.45, 7) is 9.21. The van der Waals surface area contributed by atoms with Gasteiger partial charge in [0.05, 0.1) is 23.4 Å². The number of aliphatic hydroxyl groups is 1. The summed E-state index contributed by atoms with van der Waals surface area (Å²) in [4.78, 5) is 16.5. The third-order valence-corrected chi connectivity index (χ3v) is 7.03. The molecule has 0 bridgehead atoms. The number of aromatic nitrogens is 3. The molecule has 0 spiro atoms. The number of anilines is 1. The third-order valence-electron chi connectivity index (χ3n) is 5.83. The molecule has 31 heavy (non-hydrogen) atoms. The van der Waals surface area contributed by atoms with Gasteiger partial charge >= 0.3 is 0 Å². The molecule has 3 aromatic rings. The molecule has 1 saturated heterocycles. The molecule has 4 rings (SSSR count). The molecule has 0 atom stereocenters. The standard InChI is InChI=1S/C23H28FN5OS/c1-4-29-9-7-17(8-10-29)27-23-25-12-19(24)20(28-23)21-15(3)26-22(31-21)18-6-5-16(13-30)11-14(18)2/h5-6,11-12,17,30H,4,7-10,13H2,1-3H3,(H,25,27,28). The van der Waals surface area contributed by atoms with Crippen LogP contribution >= 0.6 is 11.3 Å². The maximum absolute atomic E-state index is 14.7. The van der Waals surface area contributed by atoms with E-state index in [0.717, 1.165) is 59.9 Å². The monoisotopic (exact) mass is 441 g/mol. The second-order valence-electron chi connectivity index (χ2n) is 7.98. The van der Waals surface area contributed by atoms with Crippen LogP contribution in [0.4, 0.5) is 10.3 Å². The van der Waals surface area contributed by atoms with Crippen molar-refractivity contribution in [2.24, 2.45) is 0 Å². The number of benzene rings is 1. The van der Waals surface area contributed by atoms with Gasteiger partial charge < -0.3 is 15.3 Å². The molecule has 1 aromatic carbocycles. The molecule has 0 unspecified atom stereocenters. The van der Waals surface area contributed by atoms with Gasteiger partial charge in [0.2, 0.25) is 5.95 Å². The Kier molecular flexibility index (Phi) is 6.60. The van der Waals surface area contributed by atoms with Crippen LogP contribution in [0, 0.1) is 19.7 Å². The Hall–Kier alpha value is -2.42. The van der Waals surface area contributed by atoms with Crippen LogP contribution in [0.15, 0.2) is 24.4 Å². The van der Waals surface area contributed by atoms with E-state index in [4.69, 9.17) is 0 Å². The van der Waals surface area contributed by atoms with Crippen LogP contribution in [0.25, 0.3) is 21.1 Å². The summed E-state index contributed by atoms with van der Waals surface area (Å²) < 4.78 is 14.7. The number of likely N-dealkylation sites (tertiary alicyclic amines) is 1. The molecule has 3 heterocycles. The van der Waals surface area contributed by atoms with Crippen molar-refractivity contribution in [2.75, 3.05) is 25.0 Å². The Morgan fingerprint density at radius 3 is 2.68 bits per heavy atom. The van der Waals surface area contributed by atoms with Gasteiger partial charge in [-0.3, -0.25) is 0 Å². The SMILES string of the molecule is CCN1CCC(Nc2ncc(F)c(-c3sc(-c4ccc(CO)cc4C)nc3C)n2)CC1. The van der Waals surface area contributed by atoms with Crippen molar-refractivity contribution in [1.82, 2.24) is 19.9 Å². The molecule has 1 aliphatic rings. The summed E-state index contributed by atoms with van der Waals surface area (Å²) in [6.07, 6.45) is 3.29. The molecule has 0 amide bonds. The second-order valence-corrected chi connectivity index (χ2v) is 8.98. The molecule has 0 saturated carbocycles. The summed E-state index contributed by atoms with van der Waals surface area (Å²) >= 11 is 1.43. The zero-order valence-corrected chi connectivity index (χ0v) is 19.0. The molecule has 1 aliphatic heterocycles. The Bertz CT molecular complexity index is 1060. The summed E-state index contributed by atoms with van der Waals surface area (Å²) in [5, 5.41) is 13.5. The number of halogens is 1. The summed E-state index contributed by atoms with van der Waals surface area (Å²) in [5.41, 5.74) is 3.89. The minimum atomic E-state index is -0.447. The molecule has 0 aliphatic carbocycles. The van der Waals surface area contributed by atoms with Crippen LogP contribution in [-0.2, 0) is 6.61 Å². The maximum atomic E-state index is 14.7. The van der Waals surface area contributed by atoms with E-state index >= 15 is 0 Å². The number of rotatable bonds is 6. The first-order valence-corrected chi connectivity index (χ1v) is 11.5.